The average Bonchev–Trinajstić information content (AvgIpc) is 3.33. The molecule has 0 bridgehead atoms. The number of anilines is 2. The van der Waals surface area contributed by atoms with E-state index in [1.165, 1.54) is 18.3 Å². The predicted molar refractivity (Wildman–Crippen MR) is 143 cm³/mol. The van der Waals surface area contributed by atoms with Gasteiger partial charge in [0.2, 0.25) is 0 Å². The third-order valence-electron chi connectivity index (χ3n) is 5.71. The molecule has 0 fully saturated rings. The number of nitrogens with one attached hydrogen (secondary N) is 2. The molecule has 0 aliphatic carbocycles. The number of carbonyl (C=O) groups excluding carboxylic acids is 3. The number of ketones is 1. The van der Waals surface area contributed by atoms with E-state index in [-0.39, 0.29) is 24.2 Å². The van der Waals surface area contributed by atoms with Gasteiger partial charge in [0.1, 0.15) is 25.6 Å². The van der Waals surface area contributed by atoms with Gasteiger partial charge in [-0.1, -0.05) is 6.07 Å². The lowest BCUT2D eigenvalue weighted by Gasteiger charge is -2.18. The van der Waals surface area contributed by atoms with Crippen LogP contribution in [0.1, 0.15) is 32.5 Å². The second kappa shape index (κ2) is 10.3. The van der Waals surface area contributed by atoms with Crippen molar-refractivity contribution >= 4 is 50.4 Å². The first-order valence-electron chi connectivity index (χ1n) is 11.6. The molecule has 9 heteroatoms. The number of Topliss-reactive ketones (excluding diaryl/α,β-unsaturated/α-hetero) is 1. The quantitative estimate of drug-likeness (QED) is 0.339. The SMILES string of the molecule is CC(=O)COc1ccc2cc(C(=O)Nc3cc(NC(=O)c4ccc5c(c4)OCCO5)ccc3C)sc2c1. The fourth-order valence-corrected chi connectivity index (χ4v) is 4.79. The van der Waals surface area contributed by atoms with Crippen LogP contribution in [0, 0.1) is 6.92 Å². The summed E-state index contributed by atoms with van der Waals surface area (Å²) >= 11 is 1.33. The van der Waals surface area contributed by atoms with E-state index in [2.05, 4.69) is 10.6 Å². The zero-order chi connectivity index (χ0) is 25.9. The molecule has 2 heterocycles. The topological polar surface area (TPSA) is 103 Å². The lowest BCUT2D eigenvalue weighted by molar-refractivity contribution is -0.118. The summed E-state index contributed by atoms with van der Waals surface area (Å²) in [4.78, 5) is 37.6. The van der Waals surface area contributed by atoms with E-state index in [0.717, 1.165) is 15.6 Å². The highest BCUT2D eigenvalue weighted by Crippen LogP contribution is 2.32. The first-order chi connectivity index (χ1) is 17.9. The highest BCUT2D eigenvalue weighted by molar-refractivity contribution is 7.20. The number of ether oxygens (including phenoxy) is 3. The summed E-state index contributed by atoms with van der Waals surface area (Å²) in [5.74, 6) is 1.11. The Morgan fingerprint density at radius 3 is 2.51 bits per heavy atom. The maximum Gasteiger partial charge on any atom is 0.265 e. The summed E-state index contributed by atoms with van der Waals surface area (Å²) in [5, 5.41) is 6.72. The van der Waals surface area contributed by atoms with Crippen molar-refractivity contribution in [2.75, 3.05) is 30.5 Å². The van der Waals surface area contributed by atoms with Gasteiger partial charge in [-0.2, -0.15) is 0 Å². The van der Waals surface area contributed by atoms with Crippen LogP contribution in [0.3, 0.4) is 0 Å². The van der Waals surface area contributed by atoms with E-state index in [4.69, 9.17) is 14.2 Å². The van der Waals surface area contributed by atoms with Gasteiger partial charge in [-0.05, 0) is 79.4 Å². The van der Waals surface area contributed by atoms with Gasteiger partial charge in [0, 0.05) is 21.6 Å². The van der Waals surface area contributed by atoms with Crippen LogP contribution in [0.15, 0.2) is 60.7 Å². The van der Waals surface area contributed by atoms with E-state index in [1.54, 1.807) is 36.4 Å². The third-order valence-corrected chi connectivity index (χ3v) is 6.80. The molecule has 5 rings (SSSR count). The molecule has 0 atom stereocenters. The monoisotopic (exact) mass is 516 g/mol. The first-order valence-corrected chi connectivity index (χ1v) is 12.5. The van der Waals surface area contributed by atoms with Gasteiger partial charge in [0.05, 0.1) is 4.88 Å². The molecule has 1 aliphatic heterocycles. The molecule has 0 saturated carbocycles. The Kier molecular flexibility index (Phi) is 6.78. The number of fused-ring (bicyclic) bond motifs is 2. The van der Waals surface area contributed by atoms with Crippen LogP contribution in [-0.4, -0.2) is 37.4 Å². The van der Waals surface area contributed by atoms with Gasteiger partial charge in [0.15, 0.2) is 17.3 Å². The number of aryl methyl sites for hydroxylation is 1. The fourth-order valence-electron chi connectivity index (χ4n) is 3.80. The van der Waals surface area contributed by atoms with Gasteiger partial charge in [-0.25, -0.2) is 0 Å². The highest BCUT2D eigenvalue weighted by atomic mass is 32.1. The van der Waals surface area contributed by atoms with E-state index in [1.807, 2.05) is 31.2 Å². The van der Waals surface area contributed by atoms with Crippen molar-refractivity contribution in [2.24, 2.45) is 0 Å². The Balaban J connectivity index is 1.29. The minimum Gasteiger partial charge on any atom is -0.486 e. The number of rotatable bonds is 7. The third kappa shape index (κ3) is 5.57. The summed E-state index contributed by atoms with van der Waals surface area (Å²) in [6.07, 6.45) is 0. The highest BCUT2D eigenvalue weighted by Gasteiger charge is 2.17. The molecule has 0 unspecified atom stereocenters. The average molecular weight is 517 g/mol. The summed E-state index contributed by atoms with van der Waals surface area (Å²) in [6, 6.07) is 17.6. The maximum absolute atomic E-state index is 13.0. The molecule has 2 amide bonds. The summed E-state index contributed by atoms with van der Waals surface area (Å²) in [6.45, 7) is 4.27. The smallest absolute Gasteiger partial charge is 0.265 e. The van der Waals surface area contributed by atoms with Crippen molar-refractivity contribution in [3.8, 4) is 17.2 Å². The Hall–Kier alpha value is -4.37. The molecule has 1 aliphatic rings. The van der Waals surface area contributed by atoms with Gasteiger partial charge < -0.3 is 24.8 Å². The van der Waals surface area contributed by atoms with Crippen molar-refractivity contribution in [1.82, 2.24) is 0 Å². The molecule has 188 valence electrons. The van der Waals surface area contributed by atoms with Crippen molar-refractivity contribution in [2.45, 2.75) is 13.8 Å². The molecule has 0 saturated heterocycles. The van der Waals surface area contributed by atoms with E-state index < -0.39 is 0 Å². The second-order valence-corrected chi connectivity index (χ2v) is 9.68. The Morgan fingerprint density at radius 1 is 0.892 bits per heavy atom. The number of amides is 2. The molecular weight excluding hydrogens is 492 g/mol. The Bertz CT molecular complexity index is 1530. The van der Waals surface area contributed by atoms with Crippen LogP contribution in [0.4, 0.5) is 11.4 Å². The van der Waals surface area contributed by atoms with Gasteiger partial charge in [0.25, 0.3) is 11.8 Å². The van der Waals surface area contributed by atoms with Crippen LogP contribution in [0.2, 0.25) is 0 Å². The van der Waals surface area contributed by atoms with Crippen molar-refractivity contribution in [3.63, 3.8) is 0 Å². The molecule has 0 spiro atoms. The molecule has 0 radical (unpaired) electrons. The number of hydrogen-bond donors (Lipinski definition) is 2. The Labute approximate surface area is 217 Å². The molecule has 37 heavy (non-hydrogen) atoms. The van der Waals surface area contributed by atoms with Gasteiger partial charge in [-0.3, -0.25) is 14.4 Å². The zero-order valence-corrected chi connectivity index (χ0v) is 21.1. The van der Waals surface area contributed by atoms with Crippen LogP contribution in [-0.2, 0) is 4.79 Å². The maximum atomic E-state index is 13.0. The zero-order valence-electron chi connectivity index (χ0n) is 20.3. The van der Waals surface area contributed by atoms with Crippen molar-refractivity contribution < 1.29 is 28.6 Å². The van der Waals surface area contributed by atoms with Crippen molar-refractivity contribution in [3.05, 3.63) is 76.7 Å². The molecule has 4 aromatic rings. The summed E-state index contributed by atoms with van der Waals surface area (Å²) in [7, 11) is 0. The predicted octanol–water partition coefficient (Wildman–Crippen LogP) is 5.45. The van der Waals surface area contributed by atoms with E-state index in [0.29, 0.717) is 52.3 Å². The summed E-state index contributed by atoms with van der Waals surface area (Å²) in [5.41, 5.74) is 2.43. The lowest BCUT2D eigenvalue weighted by atomic mass is 10.1. The molecule has 1 aromatic heterocycles. The van der Waals surface area contributed by atoms with Crippen LogP contribution >= 0.6 is 11.3 Å². The Morgan fingerprint density at radius 2 is 1.70 bits per heavy atom. The van der Waals surface area contributed by atoms with E-state index >= 15 is 0 Å². The lowest BCUT2D eigenvalue weighted by Crippen LogP contribution is -2.17. The van der Waals surface area contributed by atoms with E-state index in [9.17, 15) is 14.4 Å². The summed E-state index contributed by atoms with van der Waals surface area (Å²) < 4.78 is 17.4. The van der Waals surface area contributed by atoms with Crippen LogP contribution < -0.4 is 24.8 Å². The largest absolute Gasteiger partial charge is 0.486 e. The minimum atomic E-state index is -0.301. The number of carbonyl (C=O) groups is 3. The van der Waals surface area contributed by atoms with Gasteiger partial charge in [-0.15, -0.1) is 11.3 Å². The second-order valence-electron chi connectivity index (χ2n) is 8.60. The fraction of sp³-hybridized carbons (Fsp3) is 0.179. The number of hydrogen-bond acceptors (Lipinski definition) is 7. The molecule has 8 nitrogen and oxygen atoms in total. The normalized spacial score (nSPS) is 12.2. The minimum absolute atomic E-state index is 0.00501. The number of thiophene rings is 1. The van der Waals surface area contributed by atoms with Crippen LogP contribution in [0.25, 0.3) is 10.1 Å². The molecule has 2 N–H and O–H groups in total. The standard InChI is InChI=1S/C28H24N2O6S/c1-16-3-6-20(29-27(32)19-5-8-23-24(11-19)35-10-9-34-23)13-22(16)30-28(33)26-12-18-4-7-21(14-25(18)37-26)36-15-17(2)31/h3-8,11-14H,9-10,15H2,1-2H3,(H,29,32)(H,30,33). The molecule has 3 aromatic carbocycles. The van der Waals surface area contributed by atoms with Crippen molar-refractivity contribution in [1.29, 1.82) is 0 Å². The number of benzene rings is 3. The molecular formula is C28H24N2O6S. The van der Waals surface area contributed by atoms with Crippen LogP contribution in [0.5, 0.6) is 17.2 Å². The van der Waals surface area contributed by atoms with Gasteiger partial charge >= 0.3 is 0 Å². The first kappa shape index (κ1) is 24.3.